The SMILES string of the molecule is Cc1[nH]n(-c2ccccc2)c(=O)c1/C=N/n1c(-c2ccccc2)n[nH]c1=S. The fourth-order valence-electron chi connectivity index (χ4n) is 2.76. The molecule has 2 heterocycles. The van der Waals surface area contributed by atoms with E-state index in [0.717, 1.165) is 11.3 Å². The Morgan fingerprint density at radius 3 is 2.44 bits per heavy atom. The van der Waals surface area contributed by atoms with Gasteiger partial charge in [-0.1, -0.05) is 48.5 Å². The summed E-state index contributed by atoms with van der Waals surface area (Å²) in [6, 6.07) is 19.0. The van der Waals surface area contributed by atoms with Crippen LogP contribution in [0.25, 0.3) is 17.1 Å². The van der Waals surface area contributed by atoms with Crippen LogP contribution < -0.4 is 5.56 Å². The molecule has 0 saturated carbocycles. The van der Waals surface area contributed by atoms with Crippen LogP contribution in [0.3, 0.4) is 0 Å². The summed E-state index contributed by atoms with van der Waals surface area (Å²) in [5.41, 5.74) is 2.62. The summed E-state index contributed by atoms with van der Waals surface area (Å²) in [7, 11) is 0. The van der Waals surface area contributed by atoms with Gasteiger partial charge in [-0.05, 0) is 31.3 Å². The number of rotatable bonds is 4. The number of aryl methyl sites for hydroxylation is 1. The summed E-state index contributed by atoms with van der Waals surface area (Å²) < 4.78 is 3.34. The molecule has 4 rings (SSSR count). The summed E-state index contributed by atoms with van der Waals surface area (Å²) in [5.74, 6) is 0.577. The Morgan fingerprint density at radius 1 is 1.07 bits per heavy atom. The molecule has 134 valence electrons. The number of nitrogens with zero attached hydrogens (tertiary/aromatic N) is 4. The van der Waals surface area contributed by atoms with E-state index in [-0.39, 0.29) is 5.56 Å². The number of H-pyrrole nitrogens is 2. The lowest BCUT2D eigenvalue weighted by Crippen LogP contribution is -2.17. The molecule has 2 N–H and O–H groups in total. The molecule has 0 aliphatic heterocycles. The maximum atomic E-state index is 12.8. The molecule has 0 amide bonds. The molecule has 2 aromatic carbocycles. The van der Waals surface area contributed by atoms with Gasteiger partial charge in [-0.15, -0.1) is 0 Å². The van der Waals surface area contributed by atoms with Gasteiger partial charge >= 0.3 is 0 Å². The highest BCUT2D eigenvalue weighted by molar-refractivity contribution is 7.71. The van der Waals surface area contributed by atoms with E-state index >= 15 is 0 Å². The standard InChI is InChI=1S/C19H16N6OS/c1-13-16(18(26)24(23-13)15-10-6-3-7-11-15)12-20-25-17(21-22-19(25)27)14-8-4-2-5-9-14/h2-12,23H,1H3,(H,22,27)/b20-12+. The van der Waals surface area contributed by atoms with E-state index in [1.54, 1.807) is 0 Å². The molecule has 7 nitrogen and oxygen atoms in total. The summed E-state index contributed by atoms with van der Waals surface area (Å²) >= 11 is 5.28. The van der Waals surface area contributed by atoms with Gasteiger partial charge in [0.25, 0.3) is 5.56 Å². The Kier molecular flexibility index (Phi) is 4.39. The van der Waals surface area contributed by atoms with Crippen LogP contribution in [0, 0.1) is 11.7 Å². The van der Waals surface area contributed by atoms with Crippen molar-refractivity contribution in [1.29, 1.82) is 0 Å². The third-order valence-corrected chi connectivity index (χ3v) is 4.38. The lowest BCUT2D eigenvalue weighted by atomic mass is 10.2. The van der Waals surface area contributed by atoms with Gasteiger partial charge in [0.1, 0.15) is 0 Å². The molecule has 0 atom stereocenters. The van der Waals surface area contributed by atoms with Crippen molar-refractivity contribution in [2.45, 2.75) is 6.92 Å². The molecule has 2 aromatic heterocycles. The van der Waals surface area contributed by atoms with Crippen LogP contribution in [-0.2, 0) is 0 Å². The monoisotopic (exact) mass is 376 g/mol. The quantitative estimate of drug-likeness (QED) is 0.423. The van der Waals surface area contributed by atoms with Gasteiger partial charge in [-0.3, -0.25) is 9.89 Å². The van der Waals surface area contributed by atoms with E-state index in [0.29, 0.717) is 21.9 Å². The highest BCUT2D eigenvalue weighted by Gasteiger charge is 2.12. The van der Waals surface area contributed by atoms with Crippen molar-refractivity contribution in [2.24, 2.45) is 5.10 Å². The minimum Gasteiger partial charge on any atom is -0.295 e. The second-order valence-corrected chi connectivity index (χ2v) is 6.29. The van der Waals surface area contributed by atoms with Crippen LogP contribution in [0.1, 0.15) is 11.3 Å². The average molecular weight is 376 g/mol. The Balaban J connectivity index is 1.76. The number of hydrogen-bond donors (Lipinski definition) is 2. The lowest BCUT2D eigenvalue weighted by molar-refractivity contribution is 0.835. The second-order valence-electron chi connectivity index (χ2n) is 5.90. The van der Waals surface area contributed by atoms with Gasteiger partial charge in [0.05, 0.1) is 17.5 Å². The van der Waals surface area contributed by atoms with Crippen molar-refractivity contribution in [1.82, 2.24) is 24.7 Å². The number of benzene rings is 2. The average Bonchev–Trinajstić information content (AvgIpc) is 3.21. The lowest BCUT2D eigenvalue weighted by Gasteiger charge is -2.00. The van der Waals surface area contributed by atoms with Crippen molar-refractivity contribution in [3.8, 4) is 17.1 Å². The molecule has 0 spiro atoms. The van der Waals surface area contributed by atoms with E-state index in [4.69, 9.17) is 12.2 Å². The summed E-state index contributed by atoms with van der Waals surface area (Å²) in [6.45, 7) is 1.83. The van der Waals surface area contributed by atoms with E-state index < -0.39 is 0 Å². The fourth-order valence-corrected chi connectivity index (χ4v) is 2.94. The first-order valence-electron chi connectivity index (χ1n) is 8.29. The van der Waals surface area contributed by atoms with Crippen LogP contribution in [0.4, 0.5) is 0 Å². The molecule has 0 bridgehead atoms. The van der Waals surface area contributed by atoms with E-state index in [1.165, 1.54) is 15.6 Å². The summed E-state index contributed by atoms with van der Waals surface area (Å²) in [4.78, 5) is 12.8. The zero-order valence-corrected chi connectivity index (χ0v) is 15.3. The van der Waals surface area contributed by atoms with Gasteiger partial charge in [0.15, 0.2) is 5.82 Å². The third kappa shape index (κ3) is 3.18. The highest BCUT2D eigenvalue weighted by atomic mass is 32.1. The Morgan fingerprint density at radius 2 is 1.74 bits per heavy atom. The molecule has 0 aliphatic carbocycles. The van der Waals surface area contributed by atoms with Crippen molar-refractivity contribution in [3.63, 3.8) is 0 Å². The van der Waals surface area contributed by atoms with Crippen LogP contribution in [0.2, 0.25) is 0 Å². The minimum absolute atomic E-state index is 0.182. The molecule has 0 unspecified atom stereocenters. The summed E-state index contributed by atoms with van der Waals surface area (Å²) in [5, 5.41) is 14.5. The minimum atomic E-state index is -0.182. The Hall–Kier alpha value is -3.52. The topological polar surface area (TPSA) is 83.8 Å². The fraction of sp³-hybridized carbons (Fsp3) is 0.0526. The van der Waals surface area contributed by atoms with E-state index in [9.17, 15) is 4.79 Å². The van der Waals surface area contributed by atoms with Crippen molar-refractivity contribution >= 4 is 18.4 Å². The third-order valence-electron chi connectivity index (χ3n) is 4.12. The number of aromatic amines is 2. The molecule has 0 radical (unpaired) electrons. The number of aromatic nitrogens is 5. The molecule has 8 heteroatoms. The van der Waals surface area contributed by atoms with Crippen LogP contribution in [0.5, 0.6) is 0 Å². The molecule has 4 aromatic rings. The normalized spacial score (nSPS) is 11.3. The predicted molar refractivity (Wildman–Crippen MR) is 107 cm³/mol. The van der Waals surface area contributed by atoms with Crippen molar-refractivity contribution in [3.05, 3.63) is 87.0 Å². The van der Waals surface area contributed by atoms with E-state index in [1.807, 2.05) is 67.6 Å². The maximum absolute atomic E-state index is 12.8. The first kappa shape index (κ1) is 16.9. The predicted octanol–water partition coefficient (Wildman–Crippen LogP) is 3.28. The summed E-state index contributed by atoms with van der Waals surface area (Å²) in [6.07, 6.45) is 1.51. The van der Waals surface area contributed by atoms with Crippen molar-refractivity contribution < 1.29 is 0 Å². The first-order valence-corrected chi connectivity index (χ1v) is 8.70. The zero-order valence-electron chi connectivity index (χ0n) is 14.5. The second kappa shape index (κ2) is 7.00. The van der Waals surface area contributed by atoms with Gasteiger partial charge in [-0.2, -0.15) is 14.9 Å². The smallest absolute Gasteiger partial charge is 0.280 e. The molecule has 0 saturated heterocycles. The van der Waals surface area contributed by atoms with Gasteiger partial charge in [0, 0.05) is 11.3 Å². The Bertz CT molecular complexity index is 1210. The van der Waals surface area contributed by atoms with Crippen LogP contribution in [0.15, 0.2) is 70.6 Å². The largest absolute Gasteiger partial charge is 0.295 e. The number of hydrogen-bond acceptors (Lipinski definition) is 4. The number of nitrogens with one attached hydrogen (secondary N) is 2. The molecule has 0 aliphatic rings. The van der Waals surface area contributed by atoms with E-state index in [2.05, 4.69) is 20.4 Å². The maximum Gasteiger partial charge on any atom is 0.280 e. The van der Waals surface area contributed by atoms with Gasteiger partial charge < -0.3 is 0 Å². The molecule has 0 fully saturated rings. The zero-order chi connectivity index (χ0) is 18.8. The molecule has 27 heavy (non-hydrogen) atoms. The Labute approximate surface area is 159 Å². The van der Waals surface area contributed by atoms with Crippen LogP contribution in [-0.4, -0.2) is 30.9 Å². The number of para-hydroxylation sites is 1. The van der Waals surface area contributed by atoms with Gasteiger partial charge in [0.2, 0.25) is 4.77 Å². The first-order chi connectivity index (χ1) is 13.1. The van der Waals surface area contributed by atoms with Gasteiger partial charge in [-0.25, -0.2) is 9.78 Å². The molecular formula is C19H16N6OS. The molecular weight excluding hydrogens is 360 g/mol. The van der Waals surface area contributed by atoms with Crippen molar-refractivity contribution in [2.75, 3.05) is 0 Å². The van der Waals surface area contributed by atoms with Crippen LogP contribution >= 0.6 is 12.2 Å². The highest BCUT2D eigenvalue weighted by Crippen LogP contribution is 2.16.